The Balaban J connectivity index is 1.41. The number of thiocarbonyl (C=S) groups is 1. The number of furan rings is 1. The summed E-state index contributed by atoms with van der Waals surface area (Å²) in [7, 11) is 0. The number of hydrogen-bond donors (Lipinski definition) is 3. The topological polar surface area (TPSA) is 157 Å². The maximum atomic E-state index is 12.7. The zero-order valence-corrected chi connectivity index (χ0v) is 23.4. The molecule has 1 atom stereocenters. The molecular weight excluding hydrogens is 574 g/mol. The Labute approximate surface area is 244 Å². The third kappa shape index (κ3) is 7.07. The van der Waals surface area contributed by atoms with Gasteiger partial charge in [-0.2, -0.15) is 5.10 Å². The van der Waals surface area contributed by atoms with E-state index >= 15 is 0 Å². The largest absolute Gasteiger partial charge is 0.483 e. The Morgan fingerprint density at radius 2 is 2.02 bits per heavy atom. The molecule has 0 spiro atoms. The van der Waals surface area contributed by atoms with Gasteiger partial charge in [-0.15, -0.1) is 0 Å². The smallest absolute Gasteiger partial charge is 0.338 e. The molecule has 14 heteroatoms. The van der Waals surface area contributed by atoms with Crippen LogP contribution in [0.15, 0.2) is 75.4 Å². The van der Waals surface area contributed by atoms with Crippen molar-refractivity contribution in [3.05, 3.63) is 92.3 Å². The molecule has 0 radical (unpaired) electrons. The van der Waals surface area contributed by atoms with E-state index in [0.29, 0.717) is 27.7 Å². The molecule has 0 bridgehead atoms. The molecule has 12 nitrogen and oxygen atoms in total. The molecule has 4 rings (SSSR count). The standard InChI is InChI=1S/C27H24ClN5O7S/c1-3-38-26(35)24-15(2)30-27(41)31-25(24)19-6-4-5-7-21(19)39-14-23(34)32-29-13-17-9-11-22(40-17)18-10-8-16(28)12-20(18)33(36)37/h4-13,25H,3,14H2,1-2H3,(H,32,34)(H2,30,31,41)/t25-/m0/s1. The van der Waals surface area contributed by atoms with E-state index in [-0.39, 0.29) is 41.0 Å². The lowest BCUT2D eigenvalue weighted by Gasteiger charge is -2.30. The molecule has 2 aromatic carbocycles. The summed E-state index contributed by atoms with van der Waals surface area (Å²) in [5.74, 6) is -0.243. The second kappa shape index (κ2) is 13.1. The van der Waals surface area contributed by atoms with Gasteiger partial charge in [0.25, 0.3) is 11.6 Å². The number of hydrogen-bond acceptors (Lipinski definition) is 9. The highest BCUT2D eigenvalue weighted by Crippen LogP contribution is 2.34. The fraction of sp³-hybridized carbons (Fsp3) is 0.185. The summed E-state index contributed by atoms with van der Waals surface area (Å²) in [4.78, 5) is 35.9. The van der Waals surface area contributed by atoms with Crippen molar-refractivity contribution in [3.63, 3.8) is 0 Å². The van der Waals surface area contributed by atoms with Crippen LogP contribution in [0, 0.1) is 10.1 Å². The second-order valence-corrected chi connectivity index (χ2v) is 9.38. The van der Waals surface area contributed by atoms with E-state index in [1.54, 1.807) is 50.2 Å². The maximum absolute atomic E-state index is 12.7. The average Bonchev–Trinajstić information content (AvgIpc) is 3.40. The van der Waals surface area contributed by atoms with Gasteiger partial charge in [0.15, 0.2) is 11.7 Å². The van der Waals surface area contributed by atoms with E-state index in [1.165, 1.54) is 24.4 Å². The van der Waals surface area contributed by atoms with Gasteiger partial charge < -0.3 is 24.5 Å². The Morgan fingerprint density at radius 1 is 1.24 bits per heavy atom. The summed E-state index contributed by atoms with van der Waals surface area (Å²) in [5, 5.41) is 21.8. The van der Waals surface area contributed by atoms with Crippen LogP contribution < -0.4 is 20.8 Å². The lowest BCUT2D eigenvalue weighted by atomic mass is 9.95. The molecule has 0 fully saturated rings. The molecule has 41 heavy (non-hydrogen) atoms. The third-order valence-electron chi connectivity index (χ3n) is 5.78. The van der Waals surface area contributed by atoms with E-state index in [9.17, 15) is 19.7 Å². The number of halogens is 1. The zero-order valence-electron chi connectivity index (χ0n) is 21.8. The Morgan fingerprint density at radius 3 is 2.78 bits per heavy atom. The molecule has 1 aliphatic heterocycles. The van der Waals surface area contributed by atoms with Crippen LogP contribution >= 0.6 is 23.8 Å². The van der Waals surface area contributed by atoms with E-state index in [0.717, 1.165) is 0 Å². The lowest BCUT2D eigenvalue weighted by Crippen LogP contribution is -2.45. The summed E-state index contributed by atoms with van der Waals surface area (Å²) >= 11 is 11.2. The summed E-state index contributed by atoms with van der Waals surface area (Å²) in [6, 6.07) is 13.6. The Kier molecular flexibility index (Phi) is 9.32. The van der Waals surface area contributed by atoms with Gasteiger partial charge in [-0.1, -0.05) is 29.8 Å². The number of carbonyl (C=O) groups is 2. The fourth-order valence-corrected chi connectivity index (χ4v) is 4.47. The molecule has 0 unspecified atom stereocenters. The monoisotopic (exact) mass is 597 g/mol. The average molecular weight is 598 g/mol. The van der Waals surface area contributed by atoms with Gasteiger partial charge in [0.2, 0.25) is 0 Å². The van der Waals surface area contributed by atoms with Gasteiger partial charge in [0.1, 0.15) is 17.3 Å². The van der Waals surface area contributed by atoms with Crippen molar-refractivity contribution in [2.24, 2.45) is 5.10 Å². The van der Waals surface area contributed by atoms with Crippen LogP contribution in [0.5, 0.6) is 5.75 Å². The molecular formula is C27H24ClN5O7S. The number of esters is 1. The third-order valence-corrected chi connectivity index (χ3v) is 6.24. The van der Waals surface area contributed by atoms with Gasteiger partial charge in [-0.25, -0.2) is 10.2 Å². The number of allylic oxidation sites excluding steroid dienone is 1. The highest BCUT2D eigenvalue weighted by molar-refractivity contribution is 7.80. The number of rotatable bonds is 10. The van der Waals surface area contributed by atoms with Gasteiger partial charge in [-0.3, -0.25) is 14.9 Å². The first kappa shape index (κ1) is 29.2. The first-order chi connectivity index (χ1) is 19.7. The Bertz CT molecular complexity index is 1570. The SMILES string of the molecule is CCOC(=O)C1=C(C)NC(=S)N[C@H]1c1ccccc1OCC(=O)NN=Cc1ccc(-c2ccc(Cl)cc2[N+](=O)[O-])o1. The molecule has 3 aromatic rings. The summed E-state index contributed by atoms with van der Waals surface area (Å²) < 4.78 is 16.6. The minimum Gasteiger partial charge on any atom is -0.483 e. The summed E-state index contributed by atoms with van der Waals surface area (Å²) in [6.45, 7) is 3.25. The second-order valence-electron chi connectivity index (χ2n) is 8.53. The number of para-hydroxylation sites is 1. The number of hydrazone groups is 1. The van der Waals surface area contributed by atoms with E-state index in [1.807, 2.05) is 0 Å². The first-order valence-corrected chi connectivity index (χ1v) is 13.0. The van der Waals surface area contributed by atoms with Crippen molar-refractivity contribution in [1.29, 1.82) is 0 Å². The lowest BCUT2D eigenvalue weighted by molar-refractivity contribution is -0.384. The molecule has 212 valence electrons. The predicted molar refractivity (Wildman–Crippen MR) is 154 cm³/mol. The van der Waals surface area contributed by atoms with Crippen LogP contribution in [0.1, 0.15) is 31.2 Å². The van der Waals surface area contributed by atoms with Crippen LogP contribution in [0.25, 0.3) is 11.3 Å². The number of nitro groups is 1. The van der Waals surface area contributed by atoms with Crippen molar-refractivity contribution < 1.29 is 28.4 Å². The van der Waals surface area contributed by atoms with E-state index < -0.39 is 22.8 Å². The van der Waals surface area contributed by atoms with E-state index in [2.05, 4.69) is 21.2 Å². The number of nitro benzene ring substituents is 1. The molecule has 1 aromatic heterocycles. The van der Waals surface area contributed by atoms with Gasteiger partial charge in [0, 0.05) is 22.3 Å². The van der Waals surface area contributed by atoms with Gasteiger partial charge in [-0.05, 0) is 56.4 Å². The minimum atomic E-state index is -0.662. The quantitative estimate of drug-likeness (QED) is 0.101. The first-order valence-electron chi connectivity index (χ1n) is 12.2. The van der Waals surface area contributed by atoms with E-state index in [4.69, 9.17) is 37.7 Å². The van der Waals surface area contributed by atoms with Crippen molar-refractivity contribution >= 4 is 52.7 Å². The molecule has 2 heterocycles. The minimum absolute atomic E-state index is 0.200. The van der Waals surface area contributed by atoms with Crippen molar-refractivity contribution in [3.8, 4) is 17.1 Å². The molecule has 1 aliphatic rings. The number of carbonyl (C=O) groups excluding carboxylic acids is 2. The van der Waals surface area contributed by atoms with Crippen LogP contribution in [-0.4, -0.2) is 41.3 Å². The Hall–Kier alpha value is -4.75. The number of nitrogens with zero attached hydrogens (tertiary/aromatic N) is 2. The number of nitrogens with one attached hydrogen (secondary N) is 3. The number of benzene rings is 2. The van der Waals surface area contributed by atoms with Crippen LogP contribution in [0.2, 0.25) is 5.02 Å². The van der Waals surface area contributed by atoms with Gasteiger partial charge in [0.05, 0.1) is 34.9 Å². The molecule has 0 aliphatic carbocycles. The molecule has 0 saturated heterocycles. The highest BCUT2D eigenvalue weighted by Gasteiger charge is 2.32. The molecule has 3 N–H and O–H groups in total. The predicted octanol–water partition coefficient (Wildman–Crippen LogP) is 4.39. The van der Waals surface area contributed by atoms with Crippen LogP contribution in [0.3, 0.4) is 0 Å². The van der Waals surface area contributed by atoms with Gasteiger partial charge >= 0.3 is 5.97 Å². The van der Waals surface area contributed by atoms with Crippen LogP contribution in [0.4, 0.5) is 5.69 Å². The molecule has 0 saturated carbocycles. The van der Waals surface area contributed by atoms with Crippen molar-refractivity contribution in [2.45, 2.75) is 19.9 Å². The number of ether oxygens (including phenoxy) is 2. The summed E-state index contributed by atoms with van der Waals surface area (Å²) in [6.07, 6.45) is 1.25. The fourth-order valence-electron chi connectivity index (χ4n) is 4.03. The summed E-state index contributed by atoms with van der Waals surface area (Å²) in [5.41, 5.74) is 3.84. The highest BCUT2D eigenvalue weighted by atomic mass is 35.5. The van der Waals surface area contributed by atoms with Crippen molar-refractivity contribution in [2.75, 3.05) is 13.2 Å². The zero-order chi connectivity index (χ0) is 29.5. The van der Waals surface area contributed by atoms with Crippen LogP contribution in [-0.2, 0) is 14.3 Å². The molecule has 1 amide bonds. The normalized spacial score (nSPS) is 14.8. The number of amides is 1. The van der Waals surface area contributed by atoms with Crippen molar-refractivity contribution in [1.82, 2.24) is 16.1 Å². The maximum Gasteiger partial charge on any atom is 0.338 e.